The topological polar surface area (TPSA) is 98.0 Å². The van der Waals surface area contributed by atoms with Crippen molar-refractivity contribution in [3.8, 4) is 0 Å². The van der Waals surface area contributed by atoms with E-state index in [2.05, 4.69) is 20.8 Å². The molecule has 0 saturated heterocycles. The van der Waals surface area contributed by atoms with E-state index in [4.69, 9.17) is 5.11 Å². The number of aliphatic hydroxyl groups is 3. The number of carboxylic acid groups (broad SMARTS) is 1. The lowest BCUT2D eigenvalue weighted by atomic mass is 9.43. The van der Waals surface area contributed by atoms with Crippen molar-refractivity contribution in [2.75, 3.05) is 0 Å². The molecule has 166 valence electrons. The quantitative estimate of drug-likeness (QED) is 0.571. The monoisotopic (exact) mass is 408 g/mol. The smallest absolute Gasteiger partial charge is 0.303 e. The molecule has 11 atom stereocenters. The number of aliphatic carboxylic acids is 1. The molecule has 0 bridgehead atoms. The summed E-state index contributed by atoms with van der Waals surface area (Å²) in [5.74, 6) is 1.07. The van der Waals surface area contributed by atoms with Crippen molar-refractivity contribution < 1.29 is 25.2 Å². The van der Waals surface area contributed by atoms with Crippen LogP contribution in [0.2, 0.25) is 0 Å². The van der Waals surface area contributed by atoms with Gasteiger partial charge in [-0.05, 0) is 92.3 Å². The average Bonchev–Trinajstić information content (AvgIpc) is 2.93. The first-order valence-corrected chi connectivity index (χ1v) is 11.8. The van der Waals surface area contributed by atoms with Crippen LogP contribution in [0.5, 0.6) is 0 Å². The highest BCUT2D eigenvalue weighted by Crippen LogP contribution is 2.68. The van der Waals surface area contributed by atoms with Gasteiger partial charge in [-0.1, -0.05) is 20.8 Å². The Morgan fingerprint density at radius 2 is 1.76 bits per heavy atom. The molecule has 4 fully saturated rings. The number of fused-ring (bicyclic) bond motifs is 5. The molecule has 0 radical (unpaired) electrons. The molecule has 0 spiro atoms. The van der Waals surface area contributed by atoms with E-state index in [1.54, 1.807) is 0 Å². The van der Waals surface area contributed by atoms with E-state index in [0.717, 1.165) is 44.9 Å². The van der Waals surface area contributed by atoms with Gasteiger partial charge in [0.1, 0.15) is 0 Å². The van der Waals surface area contributed by atoms with Crippen LogP contribution in [-0.4, -0.2) is 44.7 Å². The van der Waals surface area contributed by atoms with Crippen molar-refractivity contribution >= 4 is 5.97 Å². The zero-order valence-electron chi connectivity index (χ0n) is 18.3. The number of carboxylic acids is 1. The minimum atomic E-state index is -0.791. The fourth-order valence-corrected chi connectivity index (χ4v) is 8.79. The third kappa shape index (κ3) is 3.27. The minimum absolute atomic E-state index is 0.0403. The van der Waals surface area contributed by atoms with Gasteiger partial charge in [0.15, 0.2) is 0 Å². The maximum atomic E-state index is 11.5. The SMILES string of the molecule is C[C@H](CCC(=O)O)[C@H]1[C@H](O)C[C@H]2[C@@H]3CC[C@@H]4C[C@H](O)CC[C@]4(C)[C@H]3C[C@H](O)[C@]12C. The Balaban J connectivity index is 1.60. The number of hydrogen-bond acceptors (Lipinski definition) is 4. The molecule has 29 heavy (non-hydrogen) atoms. The molecule has 4 N–H and O–H groups in total. The van der Waals surface area contributed by atoms with Crippen LogP contribution in [-0.2, 0) is 4.79 Å². The van der Waals surface area contributed by atoms with Gasteiger partial charge in [0.2, 0.25) is 0 Å². The summed E-state index contributed by atoms with van der Waals surface area (Å²) in [6.45, 7) is 6.63. The van der Waals surface area contributed by atoms with Crippen LogP contribution in [0, 0.1) is 46.3 Å². The molecule has 0 aromatic heterocycles. The summed E-state index contributed by atoms with van der Waals surface area (Å²) < 4.78 is 0. The summed E-state index contributed by atoms with van der Waals surface area (Å²) in [4.78, 5) is 11.1. The Bertz CT molecular complexity index is 637. The van der Waals surface area contributed by atoms with Crippen molar-refractivity contribution in [3.63, 3.8) is 0 Å². The van der Waals surface area contributed by atoms with Gasteiger partial charge in [-0.25, -0.2) is 0 Å². The molecule has 4 aliphatic rings. The molecule has 0 aromatic rings. The van der Waals surface area contributed by atoms with Gasteiger partial charge in [0.05, 0.1) is 18.3 Å². The predicted octanol–water partition coefficient (Wildman–Crippen LogP) is 3.45. The second-order valence-corrected chi connectivity index (χ2v) is 11.4. The molecule has 0 aliphatic heterocycles. The lowest BCUT2D eigenvalue weighted by Gasteiger charge is -2.62. The van der Waals surface area contributed by atoms with E-state index in [1.165, 1.54) is 0 Å². The third-order valence-corrected chi connectivity index (χ3v) is 10.3. The van der Waals surface area contributed by atoms with Crippen LogP contribution in [0.25, 0.3) is 0 Å². The second kappa shape index (κ2) is 7.49. The zero-order chi connectivity index (χ0) is 21.1. The Kier molecular flexibility index (Phi) is 5.57. The van der Waals surface area contributed by atoms with Gasteiger partial charge in [0, 0.05) is 11.8 Å². The van der Waals surface area contributed by atoms with Gasteiger partial charge in [0.25, 0.3) is 0 Å². The number of carbonyl (C=O) groups is 1. The molecule has 4 rings (SSSR count). The second-order valence-electron chi connectivity index (χ2n) is 11.4. The van der Waals surface area contributed by atoms with Crippen molar-refractivity contribution in [2.24, 2.45) is 46.3 Å². The van der Waals surface area contributed by atoms with E-state index in [0.29, 0.717) is 30.1 Å². The first-order chi connectivity index (χ1) is 13.6. The average molecular weight is 409 g/mol. The van der Waals surface area contributed by atoms with Gasteiger partial charge in [-0.15, -0.1) is 0 Å². The van der Waals surface area contributed by atoms with Crippen LogP contribution in [0.4, 0.5) is 0 Å². The Labute approximate surface area is 174 Å². The third-order valence-electron chi connectivity index (χ3n) is 10.3. The summed E-state index contributed by atoms with van der Waals surface area (Å²) in [7, 11) is 0. The van der Waals surface area contributed by atoms with Crippen LogP contribution < -0.4 is 0 Å². The van der Waals surface area contributed by atoms with Gasteiger partial charge in [-0.2, -0.15) is 0 Å². The summed E-state index contributed by atoms with van der Waals surface area (Å²) in [6.07, 6.45) is 6.20. The van der Waals surface area contributed by atoms with Gasteiger partial charge in [-0.3, -0.25) is 4.79 Å². The number of aliphatic hydroxyl groups excluding tert-OH is 3. The summed E-state index contributed by atoms with van der Waals surface area (Å²) in [6, 6.07) is 0. The van der Waals surface area contributed by atoms with Crippen LogP contribution in [0.3, 0.4) is 0 Å². The molecule has 0 heterocycles. The molecular formula is C24H40O5. The van der Waals surface area contributed by atoms with Crippen molar-refractivity contribution in [1.29, 1.82) is 0 Å². The fourth-order valence-electron chi connectivity index (χ4n) is 8.79. The van der Waals surface area contributed by atoms with Crippen LogP contribution >= 0.6 is 0 Å². The summed E-state index contributed by atoms with van der Waals surface area (Å²) >= 11 is 0. The largest absolute Gasteiger partial charge is 0.481 e. The van der Waals surface area contributed by atoms with Gasteiger partial charge < -0.3 is 20.4 Å². The van der Waals surface area contributed by atoms with E-state index in [9.17, 15) is 20.1 Å². The lowest BCUT2D eigenvalue weighted by Crippen LogP contribution is -2.59. The predicted molar refractivity (Wildman–Crippen MR) is 110 cm³/mol. The summed E-state index contributed by atoms with van der Waals surface area (Å²) in [5, 5.41) is 41.8. The molecule has 4 aliphatic carbocycles. The highest BCUT2D eigenvalue weighted by molar-refractivity contribution is 5.66. The highest BCUT2D eigenvalue weighted by atomic mass is 16.4. The highest BCUT2D eigenvalue weighted by Gasteiger charge is 2.65. The first-order valence-electron chi connectivity index (χ1n) is 11.8. The molecule has 5 nitrogen and oxygen atoms in total. The zero-order valence-corrected chi connectivity index (χ0v) is 18.3. The first kappa shape index (κ1) is 21.6. The minimum Gasteiger partial charge on any atom is -0.481 e. The van der Waals surface area contributed by atoms with E-state index >= 15 is 0 Å². The maximum Gasteiger partial charge on any atom is 0.303 e. The molecule has 5 heteroatoms. The maximum absolute atomic E-state index is 11.5. The van der Waals surface area contributed by atoms with E-state index < -0.39 is 18.2 Å². The molecule has 4 saturated carbocycles. The van der Waals surface area contributed by atoms with Crippen molar-refractivity contribution in [2.45, 2.75) is 96.9 Å². The normalized spacial score (nSPS) is 52.9. The standard InChI is InChI=1S/C24H40O5/c1-13(4-7-21(28)29)22-19(26)11-18-16-6-5-14-10-15(25)8-9-23(14,2)17(16)12-20(27)24(18,22)3/h13-20,22,25-27H,4-12H2,1-3H3,(H,28,29)/t13-,14-,15-,16-,17+,18+,19-,20+,22+,23+,24-/m1/s1. The van der Waals surface area contributed by atoms with Crippen LogP contribution in [0.15, 0.2) is 0 Å². The Morgan fingerprint density at radius 1 is 1.03 bits per heavy atom. The molecule has 0 aromatic carbocycles. The number of rotatable bonds is 4. The van der Waals surface area contributed by atoms with Crippen molar-refractivity contribution in [3.05, 3.63) is 0 Å². The number of hydrogen-bond donors (Lipinski definition) is 4. The molecule has 0 unspecified atom stereocenters. The fraction of sp³-hybridized carbons (Fsp3) is 0.958. The van der Waals surface area contributed by atoms with E-state index in [-0.39, 0.29) is 35.2 Å². The van der Waals surface area contributed by atoms with Crippen LogP contribution in [0.1, 0.15) is 78.6 Å². The molecular weight excluding hydrogens is 368 g/mol. The van der Waals surface area contributed by atoms with E-state index in [1.807, 2.05) is 0 Å². The van der Waals surface area contributed by atoms with Gasteiger partial charge >= 0.3 is 5.97 Å². The van der Waals surface area contributed by atoms with Crippen molar-refractivity contribution in [1.82, 2.24) is 0 Å². The Morgan fingerprint density at radius 3 is 2.45 bits per heavy atom. The molecule has 0 amide bonds. The lowest BCUT2D eigenvalue weighted by molar-refractivity contribution is -0.176. The summed E-state index contributed by atoms with van der Waals surface area (Å²) in [5.41, 5.74) is -0.154. The Hall–Kier alpha value is -0.650.